The quantitative estimate of drug-likeness (QED) is 0.452. The zero-order chi connectivity index (χ0) is 25.8. The molecular weight excluding hydrogens is 468 g/mol. The molecule has 2 aromatic rings. The Labute approximate surface area is 227 Å². The van der Waals surface area contributed by atoms with E-state index in [4.69, 9.17) is 9.47 Å². The van der Waals surface area contributed by atoms with E-state index in [9.17, 15) is 0 Å². The third kappa shape index (κ3) is 3.23. The Hall–Kier alpha value is -2.01. The summed E-state index contributed by atoms with van der Waals surface area (Å²) in [5, 5.41) is 2.55. The van der Waals surface area contributed by atoms with Crippen LogP contribution in [0.3, 0.4) is 0 Å². The Morgan fingerprint density at radius 2 is 1.95 bits per heavy atom. The zero-order valence-electron chi connectivity index (χ0n) is 23.3. The van der Waals surface area contributed by atoms with Crippen LogP contribution in [0.25, 0.3) is 10.8 Å². The Bertz CT molecular complexity index is 1360. The highest BCUT2D eigenvalue weighted by Crippen LogP contribution is 2.69. The highest BCUT2D eigenvalue weighted by Gasteiger charge is 2.66. The van der Waals surface area contributed by atoms with E-state index in [1.807, 2.05) is 12.4 Å². The molecule has 200 valence electrons. The van der Waals surface area contributed by atoms with E-state index in [1.165, 1.54) is 60.4 Å². The molecule has 1 aromatic heterocycles. The van der Waals surface area contributed by atoms with Gasteiger partial charge in [-0.15, -0.1) is 0 Å². The van der Waals surface area contributed by atoms with Crippen LogP contribution in [-0.2, 0) is 9.47 Å². The van der Waals surface area contributed by atoms with Crippen LogP contribution in [0, 0.1) is 16.7 Å². The fourth-order valence-electron chi connectivity index (χ4n) is 9.90. The van der Waals surface area contributed by atoms with Crippen molar-refractivity contribution in [3.63, 3.8) is 0 Å². The average molecular weight is 511 g/mol. The molecule has 4 heterocycles. The van der Waals surface area contributed by atoms with E-state index < -0.39 is 0 Å². The Balaban J connectivity index is 1.10. The number of fused-ring (bicyclic) bond motifs is 2. The molecule has 2 spiro atoms. The summed E-state index contributed by atoms with van der Waals surface area (Å²) in [6.07, 6.45) is 18.8. The van der Waals surface area contributed by atoms with Gasteiger partial charge in [-0.3, -0.25) is 4.98 Å². The van der Waals surface area contributed by atoms with Crippen LogP contribution in [0.15, 0.2) is 60.0 Å². The number of hydrogen-bond acceptors (Lipinski definition) is 4. The van der Waals surface area contributed by atoms with E-state index in [2.05, 4.69) is 67.2 Å². The highest BCUT2D eigenvalue weighted by atomic mass is 16.5. The molecule has 2 saturated heterocycles. The van der Waals surface area contributed by atoms with Gasteiger partial charge in [0.1, 0.15) is 0 Å². The molecule has 2 saturated carbocycles. The van der Waals surface area contributed by atoms with Gasteiger partial charge in [-0.1, -0.05) is 38.1 Å². The van der Waals surface area contributed by atoms with E-state index >= 15 is 0 Å². The number of benzene rings is 1. The largest absolute Gasteiger partial charge is 0.380 e. The molecule has 0 N–H and O–H groups in total. The Morgan fingerprint density at radius 3 is 2.79 bits per heavy atom. The molecule has 8 rings (SSSR count). The summed E-state index contributed by atoms with van der Waals surface area (Å²) in [6, 6.07) is 9.84. The van der Waals surface area contributed by atoms with Crippen molar-refractivity contribution in [3.8, 4) is 0 Å². The van der Waals surface area contributed by atoms with Crippen molar-refractivity contribution in [2.75, 3.05) is 26.8 Å². The first-order chi connectivity index (χ1) is 18.3. The molecule has 0 radical (unpaired) electrons. The first-order valence-corrected chi connectivity index (χ1v) is 15.1. The summed E-state index contributed by atoms with van der Waals surface area (Å²) < 4.78 is 13.1. The van der Waals surface area contributed by atoms with Crippen molar-refractivity contribution in [2.24, 2.45) is 16.7 Å². The minimum Gasteiger partial charge on any atom is -0.380 e. The Morgan fingerprint density at radius 1 is 1.05 bits per heavy atom. The normalized spacial score (nSPS) is 40.7. The van der Waals surface area contributed by atoms with Gasteiger partial charge in [0.2, 0.25) is 0 Å². The summed E-state index contributed by atoms with van der Waals surface area (Å²) in [4.78, 5) is 7.04. The molecule has 6 atom stereocenters. The van der Waals surface area contributed by atoms with Crippen molar-refractivity contribution in [1.29, 1.82) is 0 Å². The fourth-order valence-corrected chi connectivity index (χ4v) is 9.90. The van der Waals surface area contributed by atoms with E-state index in [0.29, 0.717) is 23.3 Å². The lowest BCUT2D eigenvalue weighted by atomic mass is 9.58. The van der Waals surface area contributed by atoms with E-state index in [0.717, 1.165) is 32.6 Å². The summed E-state index contributed by atoms with van der Waals surface area (Å²) in [7, 11) is 2.34. The zero-order valence-corrected chi connectivity index (χ0v) is 23.3. The SMILES string of the molecule is CN(CC1(C)COC1)[C@@H]1CCC2=CC3=CC[C@]4(C)[C@@H](c5ccc6ccncc6c5)CC[C@H]4C34CC[C@]2(C1)O4. The highest BCUT2D eigenvalue weighted by molar-refractivity contribution is 5.82. The third-order valence-electron chi connectivity index (χ3n) is 11.9. The number of ether oxygens (including phenoxy) is 2. The fraction of sp³-hybridized carbons (Fsp3) is 0.618. The first kappa shape index (κ1) is 23.8. The van der Waals surface area contributed by atoms with Crippen LogP contribution in [0.4, 0.5) is 0 Å². The first-order valence-electron chi connectivity index (χ1n) is 15.1. The summed E-state index contributed by atoms with van der Waals surface area (Å²) >= 11 is 0. The predicted octanol–water partition coefficient (Wildman–Crippen LogP) is 6.81. The van der Waals surface area contributed by atoms with Crippen LogP contribution >= 0.6 is 0 Å². The molecule has 3 aliphatic heterocycles. The van der Waals surface area contributed by atoms with Gasteiger partial charge in [-0.05, 0) is 110 Å². The monoisotopic (exact) mass is 510 g/mol. The molecule has 38 heavy (non-hydrogen) atoms. The van der Waals surface area contributed by atoms with Crippen molar-refractivity contribution in [2.45, 2.75) is 88.4 Å². The van der Waals surface area contributed by atoms with Crippen LogP contribution < -0.4 is 0 Å². The molecule has 2 bridgehead atoms. The Kier molecular flexibility index (Phi) is 5.03. The van der Waals surface area contributed by atoms with E-state index in [-0.39, 0.29) is 16.6 Å². The van der Waals surface area contributed by atoms with Crippen molar-refractivity contribution >= 4 is 10.8 Å². The van der Waals surface area contributed by atoms with Gasteiger partial charge in [0.15, 0.2) is 0 Å². The maximum Gasteiger partial charge on any atom is 0.0974 e. The lowest BCUT2D eigenvalue weighted by Crippen LogP contribution is -2.56. The second-order valence-electron chi connectivity index (χ2n) is 14.3. The summed E-state index contributed by atoms with van der Waals surface area (Å²) in [5.74, 6) is 1.16. The van der Waals surface area contributed by atoms with Crippen LogP contribution in [0.1, 0.15) is 76.7 Å². The molecule has 6 aliphatic rings. The van der Waals surface area contributed by atoms with Gasteiger partial charge in [0, 0.05) is 35.8 Å². The van der Waals surface area contributed by atoms with Gasteiger partial charge in [0.25, 0.3) is 0 Å². The second kappa shape index (κ2) is 8.02. The molecular formula is C34H42N2O2. The molecule has 1 unspecified atom stereocenters. The van der Waals surface area contributed by atoms with Gasteiger partial charge in [-0.2, -0.15) is 0 Å². The van der Waals surface area contributed by atoms with Crippen LogP contribution in [0.2, 0.25) is 0 Å². The van der Waals surface area contributed by atoms with Gasteiger partial charge >= 0.3 is 0 Å². The van der Waals surface area contributed by atoms with Crippen molar-refractivity contribution in [1.82, 2.24) is 9.88 Å². The molecule has 3 aliphatic carbocycles. The second-order valence-corrected chi connectivity index (χ2v) is 14.3. The molecule has 4 nitrogen and oxygen atoms in total. The summed E-state index contributed by atoms with van der Waals surface area (Å²) in [6.45, 7) is 7.90. The molecule has 4 fully saturated rings. The van der Waals surface area contributed by atoms with E-state index in [1.54, 1.807) is 5.57 Å². The number of aromatic nitrogens is 1. The smallest absolute Gasteiger partial charge is 0.0974 e. The lowest BCUT2D eigenvalue weighted by Gasteiger charge is -2.55. The number of hydrogen-bond donors (Lipinski definition) is 0. The molecule has 4 heteroatoms. The number of allylic oxidation sites excluding steroid dienone is 1. The van der Waals surface area contributed by atoms with Crippen molar-refractivity contribution in [3.05, 3.63) is 65.5 Å². The van der Waals surface area contributed by atoms with Gasteiger partial charge in [-0.25, -0.2) is 0 Å². The minimum absolute atomic E-state index is 0.0451. The predicted molar refractivity (Wildman–Crippen MR) is 151 cm³/mol. The molecule has 1 aromatic carbocycles. The standard InChI is InChI=1S/C34H42N2O2/c1-31(21-37-22-31)20-36(3)28-7-6-26-17-27-10-12-32(2)29(24-5-4-23-11-15-35-19-25(23)16-24)8-9-30(32)34(27)14-13-33(26,18-28)38-34/h4-5,10-11,15-17,19,28-30H,6-9,12-14,18,20-22H2,1-3H3/t28-,29-,30-,32-,33-,34?/m1/s1. The van der Waals surface area contributed by atoms with Crippen LogP contribution in [0.5, 0.6) is 0 Å². The maximum absolute atomic E-state index is 7.57. The van der Waals surface area contributed by atoms with Crippen molar-refractivity contribution < 1.29 is 9.47 Å². The van der Waals surface area contributed by atoms with Gasteiger partial charge in [0.05, 0.1) is 24.4 Å². The average Bonchev–Trinajstić information content (AvgIpc) is 3.42. The maximum atomic E-state index is 7.57. The van der Waals surface area contributed by atoms with Gasteiger partial charge < -0.3 is 14.4 Å². The molecule has 0 amide bonds. The number of nitrogens with zero attached hydrogens (tertiary/aromatic N) is 2. The van der Waals surface area contributed by atoms with Crippen LogP contribution in [-0.4, -0.2) is 53.9 Å². The summed E-state index contributed by atoms with van der Waals surface area (Å²) in [5.41, 5.74) is 5.05. The minimum atomic E-state index is -0.0854. The lowest BCUT2D eigenvalue weighted by molar-refractivity contribution is -0.147. The third-order valence-corrected chi connectivity index (χ3v) is 11.9. The number of pyridine rings is 1. The topological polar surface area (TPSA) is 34.6 Å². The number of rotatable bonds is 4.